The van der Waals surface area contributed by atoms with Crippen LogP contribution in [0.1, 0.15) is 16.1 Å². The van der Waals surface area contributed by atoms with Crippen LogP contribution in [0.15, 0.2) is 22.8 Å². The van der Waals surface area contributed by atoms with Crippen LogP contribution in [0.25, 0.3) is 6.08 Å². The summed E-state index contributed by atoms with van der Waals surface area (Å²) in [5.74, 6) is -6.29. The molecule has 0 unspecified atom stereocenters. The van der Waals surface area contributed by atoms with Gasteiger partial charge in [-0.2, -0.15) is 36.5 Å². The summed E-state index contributed by atoms with van der Waals surface area (Å²) in [7, 11) is 0. The molecular formula is C15H10F6N4O6. The number of aromatic nitrogens is 2. The maximum atomic E-state index is 12.5. The lowest BCUT2D eigenvalue weighted by atomic mass is 10.1. The summed E-state index contributed by atoms with van der Waals surface area (Å²) in [6, 6.07) is 0. The van der Waals surface area contributed by atoms with Crippen LogP contribution in [0, 0.1) is 0 Å². The number of hydrogen-bond acceptors (Lipinski definition) is 6. The van der Waals surface area contributed by atoms with Gasteiger partial charge in [0.05, 0.1) is 11.1 Å². The molecule has 0 bridgehead atoms. The molecule has 3 N–H and O–H groups in total. The van der Waals surface area contributed by atoms with Gasteiger partial charge in [-0.3, -0.25) is 4.79 Å². The van der Waals surface area contributed by atoms with Gasteiger partial charge < -0.3 is 15.3 Å². The molecule has 0 saturated carbocycles. The lowest BCUT2D eigenvalue weighted by molar-refractivity contribution is -0.157. The number of aromatic carboxylic acids is 1. The molecule has 1 aromatic heterocycles. The van der Waals surface area contributed by atoms with E-state index < -0.39 is 71.7 Å². The number of carboxylic acid groups (broad SMARTS) is 2. The molecule has 0 atom stereocenters. The Morgan fingerprint density at radius 3 is 2.06 bits per heavy atom. The van der Waals surface area contributed by atoms with E-state index in [1.807, 2.05) is 0 Å². The number of amides is 1. The molecule has 1 amide bonds. The van der Waals surface area contributed by atoms with E-state index in [-0.39, 0.29) is 9.69 Å². The van der Waals surface area contributed by atoms with Gasteiger partial charge in [0.2, 0.25) is 5.88 Å². The number of carboxylic acids is 2. The number of aromatic hydroxyl groups is 1. The molecule has 16 heteroatoms. The van der Waals surface area contributed by atoms with E-state index in [1.54, 1.807) is 0 Å². The maximum Gasteiger partial charge on any atom is 0.408 e. The third-order valence-electron chi connectivity index (χ3n) is 3.49. The van der Waals surface area contributed by atoms with Crippen molar-refractivity contribution < 1.29 is 56.0 Å². The van der Waals surface area contributed by atoms with E-state index in [0.717, 1.165) is 6.08 Å². The number of carbonyl (C=O) groups is 3. The molecule has 0 saturated heterocycles. The number of carbonyl (C=O) groups excluding carboxylic acids is 1. The zero-order valence-corrected chi connectivity index (χ0v) is 14.8. The smallest absolute Gasteiger partial charge is 0.408 e. The van der Waals surface area contributed by atoms with E-state index >= 15 is 0 Å². The van der Waals surface area contributed by atoms with Crippen LogP contribution in [-0.2, 0) is 16.1 Å². The third-order valence-corrected chi connectivity index (χ3v) is 3.49. The molecule has 2 rings (SSSR count). The minimum Gasteiger partial charge on any atom is -0.493 e. The molecule has 0 radical (unpaired) electrons. The van der Waals surface area contributed by atoms with Crippen molar-refractivity contribution in [1.82, 2.24) is 14.8 Å². The van der Waals surface area contributed by atoms with Crippen LogP contribution in [0.5, 0.6) is 5.88 Å². The Balaban J connectivity index is 2.41. The van der Waals surface area contributed by atoms with Crippen molar-refractivity contribution in [3.8, 4) is 5.88 Å². The lowest BCUT2D eigenvalue weighted by Crippen LogP contribution is -2.32. The maximum absolute atomic E-state index is 12.5. The molecule has 1 aliphatic heterocycles. The molecule has 1 aliphatic rings. The van der Waals surface area contributed by atoms with Crippen molar-refractivity contribution >= 4 is 29.6 Å². The molecule has 0 aliphatic carbocycles. The highest BCUT2D eigenvalue weighted by Gasteiger charge is 2.40. The van der Waals surface area contributed by atoms with Gasteiger partial charge in [0.25, 0.3) is 5.91 Å². The first-order valence-corrected chi connectivity index (χ1v) is 7.80. The van der Waals surface area contributed by atoms with Crippen molar-refractivity contribution in [2.75, 3.05) is 6.54 Å². The zero-order chi connectivity index (χ0) is 23.7. The molecule has 1 aromatic rings. The predicted molar refractivity (Wildman–Crippen MR) is 86.9 cm³/mol. The average molecular weight is 456 g/mol. The Kier molecular flexibility index (Phi) is 6.13. The Morgan fingerprint density at radius 2 is 1.58 bits per heavy atom. The van der Waals surface area contributed by atoms with Crippen LogP contribution >= 0.6 is 0 Å². The summed E-state index contributed by atoms with van der Waals surface area (Å²) < 4.78 is 74.9. The van der Waals surface area contributed by atoms with Gasteiger partial charge in [-0.1, -0.05) is 6.08 Å². The molecular weight excluding hydrogens is 446 g/mol. The van der Waals surface area contributed by atoms with Crippen molar-refractivity contribution in [3.05, 3.63) is 29.0 Å². The van der Waals surface area contributed by atoms with Crippen LogP contribution < -0.4 is 0 Å². The molecule has 0 spiro atoms. The second-order valence-corrected chi connectivity index (χ2v) is 5.84. The van der Waals surface area contributed by atoms with Gasteiger partial charge in [-0.25, -0.2) is 19.3 Å². The van der Waals surface area contributed by atoms with Crippen molar-refractivity contribution in [3.63, 3.8) is 0 Å². The number of halogens is 6. The minimum absolute atomic E-state index is 0.0494. The summed E-state index contributed by atoms with van der Waals surface area (Å²) in [5, 5.41) is 33.9. The van der Waals surface area contributed by atoms with Crippen LogP contribution in [-0.4, -0.2) is 72.6 Å². The Hall–Kier alpha value is -3.85. The first-order chi connectivity index (χ1) is 14.1. The largest absolute Gasteiger partial charge is 0.493 e. The number of rotatable bonds is 6. The summed E-state index contributed by atoms with van der Waals surface area (Å²) in [6.45, 7) is -3.70. The minimum atomic E-state index is -4.89. The summed E-state index contributed by atoms with van der Waals surface area (Å²) in [5.41, 5.74) is -3.58. The standard InChI is InChI=1S/C15H10F6N4O6/c16-14(17,18)4-24-10(26)6(8(22-24)12(28)29)2-1-3-7-9(13(30)31)23-25(11(7)27)5-15(19,20)21/h1-3,26H,4-5H2,(H,28,29)(H,30,31). The number of nitrogens with zero attached hydrogens (tertiary/aromatic N) is 4. The second-order valence-electron chi connectivity index (χ2n) is 5.84. The van der Waals surface area contributed by atoms with Gasteiger partial charge in [-0.05, 0) is 12.2 Å². The quantitative estimate of drug-likeness (QED) is 0.436. The normalized spacial score (nSPS) is 16.5. The SMILES string of the molecule is O=C(O)C1=NN(CC(F)(F)F)C(=O)C1=CC=Cc1c(C(=O)O)nn(CC(F)(F)F)c1O. The highest BCUT2D eigenvalue weighted by Crippen LogP contribution is 2.28. The van der Waals surface area contributed by atoms with E-state index in [9.17, 15) is 45.8 Å². The fraction of sp³-hybridized carbons (Fsp3) is 0.267. The fourth-order valence-corrected chi connectivity index (χ4v) is 2.34. The molecule has 0 fully saturated rings. The van der Waals surface area contributed by atoms with Gasteiger partial charge in [0.1, 0.15) is 13.1 Å². The summed E-state index contributed by atoms with van der Waals surface area (Å²) >= 11 is 0. The first kappa shape index (κ1) is 23.4. The van der Waals surface area contributed by atoms with E-state index in [1.165, 1.54) is 0 Å². The Labute approximate surface area is 167 Å². The van der Waals surface area contributed by atoms with Gasteiger partial charge >= 0.3 is 24.3 Å². The summed E-state index contributed by atoms with van der Waals surface area (Å²) in [6.07, 6.45) is -7.66. The van der Waals surface area contributed by atoms with E-state index in [2.05, 4.69) is 10.2 Å². The Bertz CT molecular complexity index is 1020. The van der Waals surface area contributed by atoms with Gasteiger partial charge in [0, 0.05) is 0 Å². The number of hydrazone groups is 1. The van der Waals surface area contributed by atoms with Gasteiger partial charge in [0.15, 0.2) is 11.4 Å². The average Bonchev–Trinajstić information content (AvgIpc) is 3.05. The van der Waals surface area contributed by atoms with E-state index in [4.69, 9.17) is 10.2 Å². The zero-order valence-electron chi connectivity index (χ0n) is 14.8. The molecule has 0 aromatic carbocycles. The van der Waals surface area contributed by atoms with Crippen LogP contribution in [0.2, 0.25) is 0 Å². The number of hydrogen-bond donors (Lipinski definition) is 3. The third kappa shape index (κ3) is 5.61. The van der Waals surface area contributed by atoms with Crippen molar-refractivity contribution in [2.45, 2.75) is 18.9 Å². The van der Waals surface area contributed by atoms with Gasteiger partial charge in [-0.15, -0.1) is 0 Å². The van der Waals surface area contributed by atoms with Crippen LogP contribution in [0.3, 0.4) is 0 Å². The van der Waals surface area contributed by atoms with Crippen molar-refractivity contribution in [1.29, 1.82) is 0 Å². The number of allylic oxidation sites excluding steroid dienone is 2. The fourth-order valence-electron chi connectivity index (χ4n) is 2.34. The lowest BCUT2D eigenvalue weighted by Gasteiger charge is -2.13. The molecule has 2 heterocycles. The first-order valence-electron chi connectivity index (χ1n) is 7.80. The number of alkyl halides is 6. The predicted octanol–water partition coefficient (Wildman–Crippen LogP) is 1.63. The van der Waals surface area contributed by atoms with Crippen molar-refractivity contribution in [2.24, 2.45) is 5.10 Å². The summed E-state index contributed by atoms with van der Waals surface area (Å²) in [4.78, 5) is 34.3. The second kappa shape index (κ2) is 8.11. The Morgan fingerprint density at radius 1 is 1.00 bits per heavy atom. The van der Waals surface area contributed by atoms with E-state index in [0.29, 0.717) is 12.2 Å². The highest BCUT2D eigenvalue weighted by atomic mass is 19.4. The molecule has 10 nitrogen and oxygen atoms in total. The topological polar surface area (TPSA) is 145 Å². The monoisotopic (exact) mass is 456 g/mol. The van der Waals surface area contributed by atoms with Crippen LogP contribution in [0.4, 0.5) is 26.3 Å². The number of aliphatic carboxylic acids is 1. The highest BCUT2D eigenvalue weighted by molar-refractivity contribution is 6.50. The molecule has 31 heavy (non-hydrogen) atoms. The molecule has 168 valence electrons.